The monoisotopic (exact) mass is 376 g/mol. The van der Waals surface area contributed by atoms with Crippen molar-refractivity contribution >= 4 is 12.1 Å². The summed E-state index contributed by atoms with van der Waals surface area (Å²) in [6.07, 6.45) is 11.6. The van der Waals surface area contributed by atoms with E-state index in [9.17, 15) is 8.28 Å². The summed E-state index contributed by atoms with van der Waals surface area (Å²) in [4.78, 5) is 0. The summed E-state index contributed by atoms with van der Waals surface area (Å²) in [6.45, 7) is 5.57. The van der Waals surface area contributed by atoms with Crippen molar-refractivity contribution < 1.29 is 8.28 Å². The fourth-order valence-corrected chi connectivity index (χ4v) is 5.61. The van der Waals surface area contributed by atoms with Gasteiger partial charge in [-0.15, -0.1) is 0 Å². The van der Waals surface area contributed by atoms with Crippen LogP contribution in [0.5, 0.6) is 0 Å². The van der Waals surface area contributed by atoms with Gasteiger partial charge in [0.2, 0.25) is 0 Å². The number of halogens is 2. The molecule has 0 spiro atoms. The Labute approximate surface area is 158 Å². The average Bonchev–Trinajstić information content (AvgIpc) is 3.17. The fraction of sp³-hybridized carbons (Fsp3) is 1.00. The number of hydrogen-bond donors (Lipinski definition) is 2. The van der Waals surface area contributed by atoms with E-state index < -0.39 is 6.30 Å². The predicted octanol–water partition coefficient (Wildman–Crippen LogP) is 5.78. The lowest BCUT2D eigenvalue weighted by atomic mass is 9.87. The van der Waals surface area contributed by atoms with Crippen LogP contribution in [0.25, 0.3) is 0 Å². The van der Waals surface area contributed by atoms with Gasteiger partial charge >= 0.3 is 0 Å². The Kier molecular flexibility index (Phi) is 9.50. The molecule has 1 saturated carbocycles. The molecule has 0 radical (unpaired) electrons. The van der Waals surface area contributed by atoms with E-state index in [1.807, 2.05) is 0 Å². The first-order valence-electron chi connectivity index (χ1n) is 10.4. The van der Waals surface area contributed by atoms with Gasteiger partial charge in [0.05, 0.1) is 0 Å². The lowest BCUT2D eigenvalue weighted by Gasteiger charge is -2.34. The van der Waals surface area contributed by atoms with E-state index in [1.54, 1.807) is 0 Å². The van der Waals surface area contributed by atoms with E-state index >= 15 is 0 Å². The molecule has 0 aromatic carbocycles. The van der Waals surface area contributed by atoms with E-state index in [0.717, 1.165) is 38.1 Å². The van der Waals surface area contributed by atoms with Crippen molar-refractivity contribution in [3.8, 4) is 0 Å². The highest BCUT2D eigenvalue weighted by atomic mass is 32.2. The molecule has 1 aliphatic heterocycles. The second kappa shape index (κ2) is 11.1. The van der Waals surface area contributed by atoms with Crippen molar-refractivity contribution in [1.29, 1.82) is 0 Å². The highest BCUT2D eigenvalue weighted by molar-refractivity contribution is 7.94. The van der Waals surface area contributed by atoms with Crippen LogP contribution in [0.3, 0.4) is 0 Å². The summed E-state index contributed by atoms with van der Waals surface area (Å²) in [5, 5.41) is 6.86. The van der Waals surface area contributed by atoms with Gasteiger partial charge in [-0.1, -0.05) is 39.0 Å². The number of rotatable bonds is 12. The lowest BCUT2D eigenvalue weighted by molar-refractivity contribution is 0.248. The largest absolute Gasteiger partial charge is 0.311 e. The maximum Gasteiger partial charge on any atom is 0.151 e. The highest BCUT2D eigenvalue weighted by Gasteiger charge is 2.31. The number of alkyl halides is 1. The third kappa shape index (κ3) is 7.34. The molecule has 2 fully saturated rings. The SMILES string of the molecule is CCCC(C)(CC1CCC(F)N1)NCCCCC1CCCC1CSF. The van der Waals surface area contributed by atoms with Crippen molar-refractivity contribution in [2.24, 2.45) is 11.8 Å². The molecule has 148 valence electrons. The van der Waals surface area contributed by atoms with Crippen molar-refractivity contribution in [3.63, 3.8) is 0 Å². The van der Waals surface area contributed by atoms with E-state index in [0.29, 0.717) is 36.3 Å². The summed E-state index contributed by atoms with van der Waals surface area (Å²) in [5.41, 5.74) is 0.108. The zero-order valence-corrected chi connectivity index (χ0v) is 17.0. The standard InChI is InChI=1S/C20H38F2N2S/c1-3-12-20(2,14-18-10-11-19(21)24-18)23-13-5-4-7-16-8-6-9-17(16)15-25-22/h16-19,23-24H,3-15H2,1-2H3. The average molecular weight is 377 g/mol. The van der Waals surface area contributed by atoms with Gasteiger partial charge in [-0.3, -0.25) is 5.32 Å². The van der Waals surface area contributed by atoms with Crippen LogP contribution in [0.1, 0.15) is 84.5 Å². The molecule has 5 atom stereocenters. The van der Waals surface area contributed by atoms with Gasteiger partial charge in [0.1, 0.15) is 0 Å². The van der Waals surface area contributed by atoms with Gasteiger partial charge in [0.25, 0.3) is 0 Å². The Bertz CT molecular complexity index is 372. The summed E-state index contributed by atoms with van der Waals surface area (Å²) in [7, 11) is 0. The minimum Gasteiger partial charge on any atom is -0.311 e. The van der Waals surface area contributed by atoms with Crippen LogP contribution in [-0.4, -0.2) is 30.2 Å². The Hall–Kier alpha value is 0.130. The Morgan fingerprint density at radius 1 is 1.16 bits per heavy atom. The van der Waals surface area contributed by atoms with Gasteiger partial charge < -0.3 is 5.32 Å². The van der Waals surface area contributed by atoms with E-state index in [-0.39, 0.29) is 5.54 Å². The van der Waals surface area contributed by atoms with Gasteiger partial charge in [-0.25, -0.2) is 4.39 Å². The van der Waals surface area contributed by atoms with Crippen LogP contribution in [0.4, 0.5) is 8.28 Å². The first kappa shape index (κ1) is 21.4. The second-order valence-corrected chi connectivity index (χ2v) is 9.12. The molecule has 2 N–H and O–H groups in total. The van der Waals surface area contributed by atoms with Crippen LogP contribution in [0.2, 0.25) is 0 Å². The second-order valence-electron chi connectivity index (χ2n) is 8.57. The van der Waals surface area contributed by atoms with Gasteiger partial charge in [0.15, 0.2) is 6.30 Å². The highest BCUT2D eigenvalue weighted by Crippen LogP contribution is 2.37. The maximum absolute atomic E-state index is 13.4. The molecule has 1 heterocycles. The molecule has 2 rings (SSSR count). The summed E-state index contributed by atoms with van der Waals surface area (Å²) >= 11 is 0.525. The zero-order valence-electron chi connectivity index (χ0n) is 16.2. The van der Waals surface area contributed by atoms with Crippen molar-refractivity contribution in [3.05, 3.63) is 0 Å². The molecule has 2 aliphatic rings. The van der Waals surface area contributed by atoms with E-state index in [4.69, 9.17) is 0 Å². The Morgan fingerprint density at radius 3 is 2.64 bits per heavy atom. The van der Waals surface area contributed by atoms with Gasteiger partial charge in [-0.2, -0.15) is 3.89 Å². The first-order valence-corrected chi connectivity index (χ1v) is 11.3. The van der Waals surface area contributed by atoms with E-state index in [1.165, 1.54) is 38.5 Å². The zero-order chi connectivity index (χ0) is 18.1. The molecule has 5 heteroatoms. The summed E-state index contributed by atoms with van der Waals surface area (Å²) in [5.74, 6) is 2.05. The van der Waals surface area contributed by atoms with Crippen LogP contribution in [0, 0.1) is 11.8 Å². The minimum absolute atomic E-state index is 0.108. The van der Waals surface area contributed by atoms with Crippen LogP contribution in [-0.2, 0) is 0 Å². The van der Waals surface area contributed by atoms with Crippen molar-refractivity contribution in [1.82, 2.24) is 10.6 Å². The minimum atomic E-state index is -0.808. The van der Waals surface area contributed by atoms with Crippen LogP contribution < -0.4 is 10.6 Å². The third-order valence-corrected chi connectivity index (χ3v) is 6.88. The molecule has 0 amide bonds. The molecule has 1 saturated heterocycles. The van der Waals surface area contributed by atoms with E-state index in [2.05, 4.69) is 24.5 Å². The van der Waals surface area contributed by atoms with Gasteiger partial charge in [-0.05, 0) is 63.8 Å². The Morgan fingerprint density at radius 2 is 1.96 bits per heavy atom. The maximum atomic E-state index is 13.4. The summed E-state index contributed by atoms with van der Waals surface area (Å²) < 4.78 is 25.9. The Balaban J connectivity index is 1.65. The molecule has 5 unspecified atom stereocenters. The molecule has 0 bridgehead atoms. The van der Waals surface area contributed by atoms with Gasteiger partial charge in [0, 0.05) is 29.5 Å². The third-order valence-electron chi connectivity index (χ3n) is 6.33. The predicted molar refractivity (Wildman–Crippen MR) is 105 cm³/mol. The smallest absolute Gasteiger partial charge is 0.151 e. The quantitative estimate of drug-likeness (QED) is 0.334. The molecular formula is C20H38F2N2S. The molecule has 1 aliphatic carbocycles. The van der Waals surface area contributed by atoms with Crippen LogP contribution >= 0.6 is 12.1 Å². The normalized spacial score (nSPS) is 32.2. The topological polar surface area (TPSA) is 24.1 Å². The summed E-state index contributed by atoms with van der Waals surface area (Å²) in [6, 6.07) is 0.316. The fourth-order valence-electron chi connectivity index (χ4n) is 5.00. The van der Waals surface area contributed by atoms with Crippen molar-refractivity contribution in [2.75, 3.05) is 12.3 Å². The molecule has 0 aromatic rings. The molecule has 25 heavy (non-hydrogen) atoms. The molecular weight excluding hydrogens is 338 g/mol. The van der Waals surface area contributed by atoms with Crippen LogP contribution in [0.15, 0.2) is 0 Å². The number of hydrogen-bond acceptors (Lipinski definition) is 3. The number of unbranched alkanes of at least 4 members (excludes halogenated alkanes) is 1. The molecule has 2 nitrogen and oxygen atoms in total. The molecule has 0 aromatic heterocycles. The first-order chi connectivity index (χ1) is 12.1. The number of nitrogens with one attached hydrogen (secondary N) is 2. The lowest BCUT2D eigenvalue weighted by Crippen LogP contribution is -2.47. The van der Waals surface area contributed by atoms with Crippen molar-refractivity contribution in [2.45, 2.75) is 102 Å².